The third-order valence-electron chi connectivity index (χ3n) is 4.43. The van der Waals surface area contributed by atoms with Crippen LogP contribution in [-0.2, 0) is 5.41 Å². The Morgan fingerprint density at radius 3 is 2.12 bits per heavy atom. The average Bonchev–Trinajstić information content (AvgIpc) is 2.18. The smallest absolute Gasteiger partial charge is 0.0406 e. The van der Waals surface area contributed by atoms with E-state index in [2.05, 4.69) is 32.9 Å². The number of hydrogen-bond acceptors (Lipinski definition) is 0. The minimum atomic E-state index is 0.439. The molecule has 1 aliphatic carbocycles. The predicted octanol–water partition coefficient (Wildman–Crippen LogP) is 5.44. The van der Waals surface area contributed by atoms with E-state index in [9.17, 15) is 0 Å². The first-order valence-electron chi connectivity index (χ1n) is 6.80. The lowest BCUT2D eigenvalue weighted by Gasteiger charge is -2.48. The fraction of sp³-hybridized carbons (Fsp3) is 0.625. The van der Waals surface area contributed by atoms with Crippen LogP contribution in [0, 0.1) is 11.8 Å². The summed E-state index contributed by atoms with van der Waals surface area (Å²) in [7, 11) is 0. The van der Waals surface area contributed by atoms with Gasteiger partial charge in [0.25, 0.3) is 0 Å². The molecule has 0 heterocycles. The average molecular weight is 251 g/mol. The van der Waals surface area contributed by atoms with Crippen LogP contribution in [0.4, 0.5) is 0 Å². The van der Waals surface area contributed by atoms with E-state index in [-0.39, 0.29) is 0 Å². The molecule has 0 amide bonds. The Kier molecular flexibility index (Phi) is 3.82. The Labute approximate surface area is 110 Å². The fourth-order valence-electron chi connectivity index (χ4n) is 3.34. The molecule has 1 fully saturated rings. The maximum Gasteiger partial charge on any atom is 0.0406 e. The standard InChI is InChI=1S/C16H23Cl/c1-12(2)11-13(3)16(9-4-10-16)14-5-7-15(17)8-6-14/h5-8,12-13H,4,9-11H2,1-3H3/t13-/m1/s1. The summed E-state index contributed by atoms with van der Waals surface area (Å²) in [5, 5.41) is 0.847. The lowest BCUT2D eigenvalue weighted by atomic mass is 9.56. The Morgan fingerprint density at radius 1 is 1.12 bits per heavy atom. The molecule has 0 radical (unpaired) electrons. The van der Waals surface area contributed by atoms with E-state index in [0.29, 0.717) is 5.41 Å². The quantitative estimate of drug-likeness (QED) is 0.667. The first kappa shape index (κ1) is 13.0. The van der Waals surface area contributed by atoms with Crippen molar-refractivity contribution < 1.29 is 0 Å². The summed E-state index contributed by atoms with van der Waals surface area (Å²) in [5.74, 6) is 1.56. The van der Waals surface area contributed by atoms with Gasteiger partial charge in [0.05, 0.1) is 0 Å². The molecule has 0 nitrogen and oxygen atoms in total. The lowest BCUT2D eigenvalue weighted by Crippen LogP contribution is -2.41. The number of rotatable bonds is 4. The fourth-order valence-corrected chi connectivity index (χ4v) is 3.46. The second-order valence-corrected chi connectivity index (χ2v) is 6.48. The Morgan fingerprint density at radius 2 is 1.71 bits per heavy atom. The maximum atomic E-state index is 5.99. The highest BCUT2D eigenvalue weighted by molar-refractivity contribution is 6.30. The van der Waals surface area contributed by atoms with E-state index in [0.717, 1.165) is 16.9 Å². The first-order valence-corrected chi connectivity index (χ1v) is 7.18. The van der Waals surface area contributed by atoms with E-state index >= 15 is 0 Å². The summed E-state index contributed by atoms with van der Waals surface area (Å²) in [4.78, 5) is 0. The highest BCUT2D eigenvalue weighted by Crippen LogP contribution is 2.51. The summed E-state index contributed by atoms with van der Waals surface area (Å²) in [6.07, 6.45) is 5.40. The van der Waals surface area contributed by atoms with E-state index in [1.807, 2.05) is 12.1 Å². The number of halogens is 1. The van der Waals surface area contributed by atoms with Gasteiger partial charge < -0.3 is 0 Å². The molecule has 1 saturated carbocycles. The molecule has 0 bridgehead atoms. The molecule has 1 aliphatic rings. The molecule has 94 valence electrons. The third kappa shape index (κ3) is 2.52. The molecule has 0 spiro atoms. The van der Waals surface area contributed by atoms with Crippen LogP contribution in [0.25, 0.3) is 0 Å². The SMILES string of the molecule is CC(C)C[C@@H](C)C1(c2ccc(Cl)cc2)CCC1. The van der Waals surface area contributed by atoms with Crippen LogP contribution in [-0.4, -0.2) is 0 Å². The van der Waals surface area contributed by atoms with Gasteiger partial charge in [0, 0.05) is 5.02 Å². The topological polar surface area (TPSA) is 0 Å². The number of benzene rings is 1. The zero-order valence-electron chi connectivity index (χ0n) is 11.2. The van der Waals surface area contributed by atoms with Crippen LogP contribution in [0.2, 0.25) is 5.02 Å². The Hall–Kier alpha value is -0.490. The van der Waals surface area contributed by atoms with Gasteiger partial charge in [0.2, 0.25) is 0 Å². The van der Waals surface area contributed by atoms with E-state index in [4.69, 9.17) is 11.6 Å². The maximum absolute atomic E-state index is 5.99. The second-order valence-electron chi connectivity index (χ2n) is 6.05. The largest absolute Gasteiger partial charge is 0.0843 e. The molecule has 2 rings (SSSR count). The van der Waals surface area contributed by atoms with E-state index in [1.54, 1.807) is 0 Å². The molecule has 0 unspecified atom stereocenters. The minimum absolute atomic E-state index is 0.439. The Bertz CT molecular complexity index is 360. The second kappa shape index (κ2) is 5.02. The molecule has 1 heteroatoms. The molecular weight excluding hydrogens is 228 g/mol. The molecule has 1 atom stereocenters. The van der Waals surface area contributed by atoms with Gasteiger partial charge in [-0.2, -0.15) is 0 Å². The van der Waals surface area contributed by atoms with Crippen LogP contribution in [0.15, 0.2) is 24.3 Å². The molecule has 0 saturated heterocycles. The zero-order chi connectivity index (χ0) is 12.5. The highest BCUT2D eigenvalue weighted by atomic mass is 35.5. The van der Waals surface area contributed by atoms with E-state index < -0.39 is 0 Å². The van der Waals surface area contributed by atoms with Crippen molar-refractivity contribution in [2.75, 3.05) is 0 Å². The third-order valence-corrected chi connectivity index (χ3v) is 4.69. The van der Waals surface area contributed by atoms with Crippen molar-refractivity contribution in [3.05, 3.63) is 34.9 Å². The zero-order valence-corrected chi connectivity index (χ0v) is 11.9. The number of hydrogen-bond donors (Lipinski definition) is 0. The summed E-state index contributed by atoms with van der Waals surface area (Å²) >= 11 is 5.99. The van der Waals surface area contributed by atoms with Gasteiger partial charge in [0.15, 0.2) is 0 Å². The van der Waals surface area contributed by atoms with Crippen LogP contribution in [0.5, 0.6) is 0 Å². The van der Waals surface area contributed by atoms with Gasteiger partial charge in [-0.25, -0.2) is 0 Å². The van der Waals surface area contributed by atoms with Crippen molar-refractivity contribution in [2.24, 2.45) is 11.8 Å². The van der Waals surface area contributed by atoms with Crippen LogP contribution in [0.1, 0.15) is 52.0 Å². The summed E-state index contributed by atoms with van der Waals surface area (Å²) < 4.78 is 0. The molecular formula is C16H23Cl. The van der Waals surface area contributed by atoms with E-state index in [1.165, 1.54) is 31.2 Å². The van der Waals surface area contributed by atoms with Gasteiger partial charge in [-0.1, -0.05) is 50.9 Å². The van der Waals surface area contributed by atoms with Crippen LogP contribution < -0.4 is 0 Å². The first-order chi connectivity index (χ1) is 8.04. The highest BCUT2D eigenvalue weighted by Gasteiger charge is 2.43. The van der Waals surface area contributed by atoms with Crippen molar-refractivity contribution in [2.45, 2.75) is 51.9 Å². The van der Waals surface area contributed by atoms with Crippen molar-refractivity contribution in [3.63, 3.8) is 0 Å². The molecule has 0 aliphatic heterocycles. The predicted molar refractivity (Wildman–Crippen MR) is 75.6 cm³/mol. The normalized spacial score (nSPS) is 20.1. The van der Waals surface area contributed by atoms with Crippen molar-refractivity contribution in [1.29, 1.82) is 0 Å². The molecule has 0 aromatic heterocycles. The van der Waals surface area contributed by atoms with Gasteiger partial charge in [-0.05, 0) is 54.2 Å². The minimum Gasteiger partial charge on any atom is -0.0843 e. The lowest BCUT2D eigenvalue weighted by molar-refractivity contribution is 0.138. The van der Waals surface area contributed by atoms with Crippen molar-refractivity contribution in [3.8, 4) is 0 Å². The van der Waals surface area contributed by atoms with Gasteiger partial charge in [0.1, 0.15) is 0 Å². The van der Waals surface area contributed by atoms with Gasteiger partial charge in [-0.3, -0.25) is 0 Å². The molecule has 0 N–H and O–H groups in total. The van der Waals surface area contributed by atoms with Crippen LogP contribution in [0.3, 0.4) is 0 Å². The summed E-state index contributed by atoms with van der Waals surface area (Å²) in [6, 6.07) is 8.55. The van der Waals surface area contributed by atoms with Crippen molar-refractivity contribution >= 4 is 11.6 Å². The van der Waals surface area contributed by atoms with Crippen molar-refractivity contribution in [1.82, 2.24) is 0 Å². The van der Waals surface area contributed by atoms with Gasteiger partial charge >= 0.3 is 0 Å². The molecule has 1 aromatic rings. The van der Waals surface area contributed by atoms with Gasteiger partial charge in [-0.15, -0.1) is 0 Å². The summed E-state index contributed by atoms with van der Waals surface area (Å²) in [6.45, 7) is 7.07. The summed E-state index contributed by atoms with van der Waals surface area (Å²) in [5.41, 5.74) is 1.94. The molecule has 1 aromatic carbocycles. The molecule has 17 heavy (non-hydrogen) atoms. The Balaban J connectivity index is 2.22. The van der Waals surface area contributed by atoms with Crippen LogP contribution >= 0.6 is 11.6 Å². The monoisotopic (exact) mass is 250 g/mol.